The highest BCUT2D eigenvalue weighted by atomic mass is 32.2. The van der Waals surface area contributed by atoms with Crippen LogP contribution in [0.5, 0.6) is 0 Å². The molecule has 0 radical (unpaired) electrons. The summed E-state index contributed by atoms with van der Waals surface area (Å²) in [6.45, 7) is 2.83. The summed E-state index contributed by atoms with van der Waals surface area (Å²) in [4.78, 5) is 16.4. The molecular weight excluding hydrogens is 703 g/mol. The fraction of sp³-hybridized carbons (Fsp3) is 0.658. The maximum Gasteiger partial charge on any atom is 0.416 e. The molecule has 2 aromatic carbocycles. The lowest BCUT2D eigenvalue weighted by atomic mass is 9.42. The van der Waals surface area contributed by atoms with Gasteiger partial charge in [0.15, 0.2) is 9.84 Å². The number of halogens is 3. The molecule has 52 heavy (non-hydrogen) atoms. The predicted molar refractivity (Wildman–Crippen MR) is 180 cm³/mol. The number of carbonyl (C=O) groups is 1. The smallest absolute Gasteiger partial charge is 0.416 e. The molecule has 0 aromatic heterocycles. The fourth-order valence-electron chi connectivity index (χ4n) is 12.8. The first-order chi connectivity index (χ1) is 24.6. The third-order valence-corrected chi connectivity index (χ3v) is 16.2. The number of benzene rings is 2. The Bertz CT molecular complexity index is 1860. The number of rotatable bonds is 9. The van der Waals surface area contributed by atoms with Crippen molar-refractivity contribution in [3.8, 4) is 0 Å². The van der Waals surface area contributed by atoms with Crippen molar-refractivity contribution in [2.24, 2.45) is 35.0 Å². The number of nitrogens with zero attached hydrogens (tertiary/aromatic N) is 1. The van der Waals surface area contributed by atoms with Crippen LogP contribution < -0.4 is 0 Å². The van der Waals surface area contributed by atoms with Gasteiger partial charge in [0.2, 0.25) is 0 Å². The summed E-state index contributed by atoms with van der Waals surface area (Å²) in [7, 11) is -0.989. The molecule has 3 N–H and O–H groups in total. The molecular formula is C38H46F3NO9S. The van der Waals surface area contributed by atoms with E-state index in [-0.39, 0.29) is 58.9 Å². The van der Waals surface area contributed by atoms with Crippen LogP contribution in [0.2, 0.25) is 0 Å². The number of methoxy groups -OCH3 is 2. The Morgan fingerprint density at radius 1 is 1.02 bits per heavy atom. The van der Waals surface area contributed by atoms with Gasteiger partial charge in [-0.25, -0.2) is 13.2 Å². The van der Waals surface area contributed by atoms with Crippen molar-refractivity contribution in [2.45, 2.75) is 90.9 Å². The lowest BCUT2D eigenvalue weighted by molar-refractivity contribution is -0.333. The third-order valence-electron chi connectivity index (χ3n) is 14.5. The number of sulfone groups is 1. The van der Waals surface area contributed by atoms with E-state index >= 15 is 0 Å². The molecule has 1 spiro atoms. The number of hydrogen-bond acceptors (Lipinski definition) is 10. The van der Waals surface area contributed by atoms with Crippen LogP contribution in [0, 0.1) is 35.0 Å². The maximum atomic E-state index is 14.4. The van der Waals surface area contributed by atoms with Crippen molar-refractivity contribution < 1.29 is 55.9 Å². The van der Waals surface area contributed by atoms with Crippen LogP contribution in [0.15, 0.2) is 53.4 Å². The Labute approximate surface area is 301 Å². The number of esters is 1. The third kappa shape index (κ3) is 4.57. The number of carbonyl (C=O) groups excluding carboxylic acids is 1. The van der Waals surface area contributed by atoms with Gasteiger partial charge in [-0.15, -0.1) is 0 Å². The van der Waals surface area contributed by atoms with E-state index in [1.165, 1.54) is 12.1 Å². The lowest BCUT2D eigenvalue weighted by Gasteiger charge is -2.71. The molecule has 2 aromatic rings. The van der Waals surface area contributed by atoms with Crippen LogP contribution in [-0.4, -0.2) is 104 Å². The molecule has 7 bridgehead atoms. The van der Waals surface area contributed by atoms with E-state index in [0.29, 0.717) is 38.8 Å². The van der Waals surface area contributed by atoms with Gasteiger partial charge in [-0.3, -0.25) is 4.90 Å². The zero-order chi connectivity index (χ0) is 37.2. The van der Waals surface area contributed by atoms with E-state index in [4.69, 9.17) is 14.2 Å². The molecule has 0 amide bonds. The van der Waals surface area contributed by atoms with Crippen LogP contribution >= 0.6 is 0 Å². The van der Waals surface area contributed by atoms with E-state index < -0.39 is 73.5 Å². The molecule has 6 aliphatic rings. The van der Waals surface area contributed by atoms with Gasteiger partial charge in [-0.1, -0.05) is 25.1 Å². The Morgan fingerprint density at radius 2 is 1.73 bits per heavy atom. The molecule has 8 rings (SSSR count). The number of alkyl halides is 3. The monoisotopic (exact) mass is 749 g/mol. The van der Waals surface area contributed by atoms with E-state index in [0.717, 1.165) is 24.3 Å². The first kappa shape index (κ1) is 36.4. The molecule has 1 saturated heterocycles. The van der Waals surface area contributed by atoms with E-state index in [9.17, 15) is 41.7 Å². The van der Waals surface area contributed by atoms with Gasteiger partial charge < -0.3 is 29.5 Å². The minimum atomic E-state index is -4.62. The second-order valence-corrected chi connectivity index (χ2v) is 18.0. The highest BCUT2D eigenvalue weighted by Gasteiger charge is 2.88. The first-order valence-electron chi connectivity index (χ1n) is 18.1. The first-order valence-corrected chi connectivity index (χ1v) is 19.8. The van der Waals surface area contributed by atoms with Crippen LogP contribution in [0.25, 0.3) is 0 Å². The Kier molecular flexibility index (Phi) is 8.36. The van der Waals surface area contributed by atoms with Crippen molar-refractivity contribution in [1.29, 1.82) is 0 Å². The van der Waals surface area contributed by atoms with Gasteiger partial charge in [0.05, 0.1) is 34.0 Å². The Hall–Kier alpha value is -2.59. The molecule has 14 heteroatoms. The minimum Gasteiger partial charge on any atom is -0.454 e. The van der Waals surface area contributed by atoms with Crippen molar-refractivity contribution in [3.63, 3.8) is 0 Å². The number of likely N-dealkylation sites (N-methyl/N-ethyl adjacent to an activating group) is 1. The maximum absolute atomic E-state index is 14.4. The van der Waals surface area contributed by atoms with E-state index in [1.54, 1.807) is 26.4 Å². The number of fused-ring (bicyclic) bond motifs is 2. The summed E-state index contributed by atoms with van der Waals surface area (Å²) in [5.41, 5.74) is -5.76. The summed E-state index contributed by atoms with van der Waals surface area (Å²) < 4.78 is 85.1. The number of hydrogen-bond donors (Lipinski definition) is 3. The minimum absolute atomic E-state index is 0.0364. The van der Waals surface area contributed by atoms with Crippen LogP contribution in [-0.2, 0) is 36.0 Å². The van der Waals surface area contributed by atoms with Crippen molar-refractivity contribution in [2.75, 3.05) is 33.9 Å². The quantitative estimate of drug-likeness (QED) is 0.324. The molecule has 3 unspecified atom stereocenters. The molecule has 5 aliphatic carbocycles. The van der Waals surface area contributed by atoms with Gasteiger partial charge in [0.1, 0.15) is 16.8 Å². The largest absolute Gasteiger partial charge is 0.454 e. The SMILES string of the molecule is CCN1C[C@]2(OC(=O)c3ccccc3CS(=O)(=O)c3ccc(C(F)(F)F)cc3)CC[C@H](CO)[C@]34C1[C@H](CC23)[C@@]1(O)C[C@H](OC)[C@H]2CC4[C@]1(O)[C@H]2OC. The number of ether oxygens (including phenoxy) is 3. The fourth-order valence-corrected chi connectivity index (χ4v) is 14.2. The number of piperidine rings is 1. The number of likely N-dealkylation sites (tertiary alicyclic amines) is 1. The van der Waals surface area contributed by atoms with Crippen LogP contribution in [0.1, 0.15) is 60.5 Å². The molecule has 10 nitrogen and oxygen atoms in total. The van der Waals surface area contributed by atoms with Gasteiger partial charge >= 0.3 is 12.1 Å². The summed E-state index contributed by atoms with van der Waals surface area (Å²) in [6.07, 6.45) is -3.50. The summed E-state index contributed by atoms with van der Waals surface area (Å²) >= 11 is 0. The molecule has 5 saturated carbocycles. The average Bonchev–Trinajstić information content (AvgIpc) is 3.54. The predicted octanol–water partition coefficient (Wildman–Crippen LogP) is 3.85. The van der Waals surface area contributed by atoms with Crippen LogP contribution in [0.3, 0.4) is 0 Å². The number of aliphatic hydroxyl groups excluding tert-OH is 1. The average molecular weight is 750 g/mol. The van der Waals surface area contributed by atoms with Crippen molar-refractivity contribution >= 4 is 15.8 Å². The Balaban J connectivity index is 1.17. The molecule has 284 valence electrons. The van der Waals surface area contributed by atoms with Gasteiger partial charge in [-0.2, -0.15) is 13.2 Å². The lowest BCUT2D eigenvalue weighted by Crippen LogP contribution is -2.82. The van der Waals surface area contributed by atoms with Gasteiger partial charge in [0.25, 0.3) is 0 Å². The summed E-state index contributed by atoms with van der Waals surface area (Å²) in [5, 5.41) is 36.9. The molecule has 1 heterocycles. The van der Waals surface area contributed by atoms with Gasteiger partial charge in [0, 0.05) is 68.9 Å². The van der Waals surface area contributed by atoms with E-state index in [1.807, 2.05) is 6.92 Å². The summed E-state index contributed by atoms with van der Waals surface area (Å²) in [6, 6.07) is 9.26. The molecule has 12 atom stereocenters. The normalized spacial score (nSPS) is 41.9. The second-order valence-electron chi connectivity index (χ2n) is 16.0. The molecule has 1 aliphatic heterocycles. The second kappa shape index (κ2) is 12.0. The molecule has 6 fully saturated rings. The van der Waals surface area contributed by atoms with Gasteiger partial charge in [-0.05, 0) is 74.0 Å². The Morgan fingerprint density at radius 3 is 2.37 bits per heavy atom. The standard InChI is InChI=1S/C38H46F3NO9S/c1-4-42-20-34(51-33(44)25-8-6-5-7-21(25)19-52(47,48)24-11-9-22(10-12-24)38(39,40)41)14-13-23(18-43)36-29(34)16-27(31(36)42)35(45)17-28(49-2)26-15-30(36)37(35,46)32(26)50-3/h5-12,23,26-32,43,45-46H,4,13-20H2,1-3H3/t23-,26-,27+,28+,29?,30?,31?,32+,34-,35+,36+,37+/m1/s1. The van der Waals surface area contributed by atoms with Crippen molar-refractivity contribution in [1.82, 2.24) is 4.90 Å². The zero-order valence-electron chi connectivity index (χ0n) is 29.4. The van der Waals surface area contributed by atoms with E-state index in [2.05, 4.69) is 4.90 Å². The highest BCUT2D eigenvalue weighted by Crippen LogP contribution is 2.80. The summed E-state index contributed by atoms with van der Waals surface area (Å²) in [5.74, 6) is -3.02. The highest BCUT2D eigenvalue weighted by molar-refractivity contribution is 7.90. The topological polar surface area (TPSA) is 143 Å². The van der Waals surface area contributed by atoms with Crippen LogP contribution in [0.4, 0.5) is 13.2 Å². The zero-order valence-corrected chi connectivity index (χ0v) is 30.2. The van der Waals surface area contributed by atoms with Crippen molar-refractivity contribution in [3.05, 3.63) is 65.2 Å². The number of aliphatic hydroxyl groups is 3.